The Morgan fingerprint density at radius 1 is 0.679 bits per heavy atom. The molecule has 21 nitrogen and oxygen atoms in total. The van der Waals surface area contributed by atoms with Gasteiger partial charge in [-0.3, -0.25) is 33.6 Å². The standard InChI is InChI=1S/C32H42O21/c1-9-10-41-30-28(48-18(7)38)27(25(46-16(5)36)22(51-30)20(44-14(3)34)11-42-13(2)33)53-31-29(49-19(8)39)26(47-17(6)37)24(45-15(4)35)23(52-31)21-12-43-32(40)50-21/h9,20-31H,1,10-12H2,2-8H3/t20-,21-,22+,23+,24+,25+,26-,27-,28-,29-,30+,31+/m0/s1. The fraction of sp³-hybridized carbons (Fsp3) is 0.688. The molecule has 3 fully saturated rings. The molecule has 0 aromatic rings. The van der Waals surface area contributed by atoms with E-state index in [9.17, 15) is 38.4 Å². The first kappa shape index (κ1) is 42.6. The van der Waals surface area contributed by atoms with E-state index in [1.54, 1.807) is 0 Å². The Kier molecular flexibility index (Phi) is 15.5. The number of esters is 7. The molecule has 0 bridgehead atoms. The molecule has 0 unspecified atom stereocenters. The summed E-state index contributed by atoms with van der Waals surface area (Å²) in [5.74, 6) is -6.36. The van der Waals surface area contributed by atoms with E-state index in [-0.39, 0.29) is 6.61 Å². The van der Waals surface area contributed by atoms with Crippen molar-refractivity contribution in [2.45, 2.75) is 122 Å². The third kappa shape index (κ3) is 12.1. The summed E-state index contributed by atoms with van der Waals surface area (Å²) >= 11 is 0. The molecule has 296 valence electrons. The van der Waals surface area contributed by atoms with Gasteiger partial charge in [0.25, 0.3) is 0 Å². The molecule has 0 aromatic heterocycles. The molecule has 3 rings (SSSR count). The van der Waals surface area contributed by atoms with Crippen LogP contribution in [0.1, 0.15) is 48.5 Å². The molecule has 0 amide bonds. The molecule has 0 spiro atoms. The van der Waals surface area contributed by atoms with Crippen LogP contribution in [0.15, 0.2) is 12.7 Å². The molecular formula is C32H42O21. The van der Waals surface area contributed by atoms with Crippen LogP contribution >= 0.6 is 0 Å². The molecule has 3 saturated heterocycles. The first-order valence-electron chi connectivity index (χ1n) is 16.1. The van der Waals surface area contributed by atoms with Crippen molar-refractivity contribution in [2.75, 3.05) is 19.8 Å². The lowest BCUT2D eigenvalue weighted by Crippen LogP contribution is -2.69. The summed E-state index contributed by atoms with van der Waals surface area (Å²) in [5.41, 5.74) is 0. The molecule has 0 aromatic carbocycles. The highest BCUT2D eigenvalue weighted by Crippen LogP contribution is 2.38. The van der Waals surface area contributed by atoms with Gasteiger partial charge in [-0.15, -0.1) is 6.58 Å². The average Bonchev–Trinajstić information content (AvgIpc) is 3.47. The Balaban J connectivity index is 2.26. The van der Waals surface area contributed by atoms with Gasteiger partial charge in [-0.2, -0.15) is 0 Å². The van der Waals surface area contributed by atoms with Gasteiger partial charge in [0.05, 0.1) is 6.61 Å². The second-order valence-electron chi connectivity index (χ2n) is 11.7. The smallest absolute Gasteiger partial charge is 0.462 e. The van der Waals surface area contributed by atoms with Gasteiger partial charge in [0, 0.05) is 48.5 Å². The summed E-state index contributed by atoms with van der Waals surface area (Å²) in [6.45, 7) is 9.45. The third-order valence-electron chi connectivity index (χ3n) is 7.36. The monoisotopic (exact) mass is 762 g/mol. The molecule has 53 heavy (non-hydrogen) atoms. The summed E-state index contributed by atoms with van der Waals surface area (Å²) in [6.07, 6.45) is -19.7. The predicted molar refractivity (Wildman–Crippen MR) is 165 cm³/mol. The fourth-order valence-corrected chi connectivity index (χ4v) is 5.71. The van der Waals surface area contributed by atoms with Gasteiger partial charge < -0.3 is 61.6 Å². The minimum absolute atomic E-state index is 0.230. The molecule has 21 heteroatoms. The lowest BCUT2D eigenvalue weighted by atomic mass is 9.92. The normalized spacial score (nSPS) is 31.3. The number of hydrogen-bond acceptors (Lipinski definition) is 21. The topological polar surface area (TPSA) is 257 Å². The van der Waals surface area contributed by atoms with E-state index in [1.165, 1.54) is 6.08 Å². The predicted octanol–water partition coefficient (Wildman–Crippen LogP) is -0.287. The van der Waals surface area contributed by atoms with Gasteiger partial charge in [-0.05, 0) is 0 Å². The maximum atomic E-state index is 12.6. The molecule has 0 saturated carbocycles. The molecule has 12 atom stereocenters. The minimum Gasteiger partial charge on any atom is -0.462 e. The number of cyclic esters (lactones) is 2. The zero-order valence-corrected chi connectivity index (χ0v) is 29.9. The highest BCUT2D eigenvalue weighted by atomic mass is 16.8. The second kappa shape index (κ2) is 19.3. The van der Waals surface area contributed by atoms with E-state index in [0.717, 1.165) is 48.5 Å². The van der Waals surface area contributed by atoms with Crippen molar-refractivity contribution in [3.8, 4) is 0 Å². The van der Waals surface area contributed by atoms with Crippen LogP contribution in [0.25, 0.3) is 0 Å². The minimum atomic E-state index is -1.93. The Bertz CT molecular complexity index is 1390. The zero-order chi connectivity index (χ0) is 39.6. The molecule has 3 heterocycles. The van der Waals surface area contributed by atoms with Crippen molar-refractivity contribution < 1.29 is 99.9 Å². The van der Waals surface area contributed by atoms with Gasteiger partial charge in [0.2, 0.25) is 0 Å². The van der Waals surface area contributed by atoms with Crippen LogP contribution in [0.3, 0.4) is 0 Å². The number of ether oxygens (including phenoxy) is 13. The highest BCUT2D eigenvalue weighted by Gasteiger charge is 2.60. The van der Waals surface area contributed by atoms with Gasteiger partial charge in [-0.25, -0.2) is 4.79 Å². The quantitative estimate of drug-likeness (QED) is 0.118. The van der Waals surface area contributed by atoms with Crippen LogP contribution in [0.2, 0.25) is 0 Å². The van der Waals surface area contributed by atoms with Gasteiger partial charge >= 0.3 is 47.9 Å². The summed E-state index contributed by atoms with van der Waals surface area (Å²) in [6, 6.07) is 0. The average molecular weight is 763 g/mol. The van der Waals surface area contributed by atoms with Crippen molar-refractivity contribution in [3.63, 3.8) is 0 Å². The summed E-state index contributed by atoms with van der Waals surface area (Å²) in [4.78, 5) is 98.4. The number of rotatable bonds is 15. The molecule has 0 aliphatic carbocycles. The van der Waals surface area contributed by atoms with Crippen LogP contribution in [0, 0.1) is 0 Å². The van der Waals surface area contributed by atoms with E-state index < -0.39 is 135 Å². The number of hydrogen-bond donors (Lipinski definition) is 0. The van der Waals surface area contributed by atoms with E-state index in [2.05, 4.69) is 6.58 Å². The van der Waals surface area contributed by atoms with Crippen molar-refractivity contribution in [3.05, 3.63) is 12.7 Å². The zero-order valence-electron chi connectivity index (χ0n) is 29.9. The first-order valence-corrected chi connectivity index (χ1v) is 16.1. The summed E-state index contributed by atoms with van der Waals surface area (Å²) in [5, 5.41) is 0. The Hall–Kier alpha value is -4.86. The van der Waals surface area contributed by atoms with Crippen LogP contribution < -0.4 is 0 Å². The summed E-state index contributed by atoms with van der Waals surface area (Å²) in [7, 11) is 0. The number of carbonyl (C=O) groups is 8. The maximum absolute atomic E-state index is 12.6. The van der Waals surface area contributed by atoms with E-state index >= 15 is 0 Å². The highest BCUT2D eigenvalue weighted by molar-refractivity contribution is 5.69. The Morgan fingerprint density at radius 3 is 1.70 bits per heavy atom. The van der Waals surface area contributed by atoms with Crippen molar-refractivity contribution in [1.82, 2.24) is 0 Å². The van der Waals surface area contributed by atoms with E-state index in [1.807, 2.05) is 0 Å². The largest absolute Gasteiger partial charge is 0.508 e. The van der Waals surface area contributed by atoms with Crippen LogP contribution in [0.4, 0.5) is 4.79 Å². The summed E-state index contributed by atoms with van der Waals surface area (Å²) < 4.78 is 72.6. The van der Waals surface area contributed by atoms with E-state index in [0.29, 0.717) is 0 Å². The lowest BCUT2D eigenvalue weighted by molar-refractivity contribution is -0.367. The Labute approximate surface area is 302 Å². The molecule has 0 radical (unpaired) electrons. The fourth-order valence-electron chi connectivity index (χ4n) is 5.71. The maximum Gasteiger partial charge on any atom is 0.508 e. The second-order valence-corrected chi connectivity index (χ2v) is 11.7. The number of carbonyl (C=O) groups excluding carboxylic acids is 8. The van der Waals surface area contributed by atoms with Crippen LogP contribution in [0.5, 0.6) is 0 Å². The van der Waals surface area contributed by atoms with Crippen LogP contribution in [-0.4, -0.2) is 141 Å². The lowest BCUT2D eigenvalue weighted by Gasteiger charge is -2.49. The van der Waals surface area contributed by atoms with Gasteiger partial charge in [0.15, 0.2) is 55.3 Å². The molecule has 0 N–H and O–H groups in total. The first-order chi connectivity index (χ1) is 24.9. The van der Waals surface area contributed by atoms with Crippen molar-refractivity contribution in [1.29, 1.82) is 0 Å². The van der Waals surface area contributed by atoms with Gasteiger partial charge in [0.1, 0.15) is 31.5 Å². The Morgan fingerprint density at radius 2 is 1.21 bits per heavy atom. The molecule has 3 aliphatic rings. The molecular weight excluding hydrogens is 720 g/mol. The molecule has 3 aliphatic heterocycles. The van der Waals surface area contributed by atoms with E-state index in [4.69, 9.17) is 61.6 Å². The van der Waals surface area contributed by atoms with Crippen molar-refractivity contribution >= 4 is 47.9 Å². The van der Waals surface area contributed by atoms with Gasteiger partial charge in [-0.1, -0.05) is 6.08 Å². The third-order valence-corrected chi connectivity index (χ3v) is 7.36. The van der Waals surface area contributed by atoms with Crippen molar-refractivity contribution in [2.24, 2.45) is 0 Å². The SMILES string of the molecule is C=CCO[C@@H]1O[C@H]([C@H](COC(C)=O)OC(C)=O)[C@@H](OC(C)=O)[C@H](O[C@H]2O[C@H]([C@@H]3COC(=O)O3)[C@@H](OC(C)=O)[C@H](OC(C)=O)[C@@H]2OC(C)=O)[C@@H]1OC(C)=O. The van der Waals surface area contributed by atoms with Crippen LogP contribution in [-0.2, 0) is 95.1 Å².